The lowest BCUT2D eigenvalue weighted by Crippen LogP contribution is -2.52. The van der Waals surface area contributed by atoms with Gasteiger partial charge in [0.25, 0.3) is 0 Å². The Balaban J connectivity index is 1.57. The summed E-state index contributed by atoms with van der Waals surface area (Å²) >= 11 is 0. The summed E-state index contributed by atoms with van der Waals surface area (Å²) in [5.74, 6) is 1.62. The highest BCUT2D eigenvalue weighted by molar-refractivity contribution is 7.91. The van der Waals surface area contributed by atoms with Gasteiger partial charge in [0.05, 0.1) is 17.1 Å². The molecule has 1 saturated carbocycles. The molecule has 1 aliphatic carbocycles. The molecule has 2 saturated heterocycles. The molecular weight excluding hydrogens is 350 g/mol. The number of sulfone groups is 1. The van der Waals surface area contributed by atoms with E-state index >= 15 is 0 Å². The molecule has 2 atom stereocenters. The van der Waals surface area contributed by atoms with Crippen LogP contribution >= 0.6 is 0 Å². The lowest BCUT2D eigenvalue weighted by Gasteiger charge is -2.44. The van der Waals surface area contributed by atoms with Crippen LogP contribution in [0.1, 0.15) is 64.7 Å². The van der Waals surface area contributed by atoms with Crippen molar-refractivity contribution in [3.8, 4) is 0 Å². The Morgan fingerprint density at radius 2 is 2.04 bits per heavy atom. The molecule has 7 heteroatoms. The van der Waals surface area contributed by atoms with Crippen LogP contribution in [0, 0.1) is 5.92 Å². The molecule has 0 bridgehead atoms. The van der Waals surface area contributed by atoms with Crippen molar-refractivity contribution in [3.05, 3.63) is 0 Å². The molecule has 3 aliphatic rings. The number of ether oxygens (including phenoxy) is 1. The van der Waals surface area contributed by atoms with E-state index in [9.17, 15) is 8.42 Å². The minimum absolute atomic E-state index is 0.0730. The first-order valence-corrected chi connectivity index (χ1v) is 12.2. The summed E-state index contributed by atoms with van der Waals surface area (Å²) < 4.78 is 29.5. The largest absolute Gasteiger partial charge is 0.375 e. The van der Waals surface area contributed by atoms with Crippen LogP contribution in [0.25, 0.3) is 0 Å². The van der Waals surface area contributed by atoms with Crippen LogP contribution in [0.3, 0.4) is 0 Å². The van der Waals surface area contributed by atoms with Crippen LogP contribution in [0.5, 0.6) is 0 Å². The second-order valence-electron chi connectivity index (χ2n) is 8.31. The molecule has 150 valence electrons. The molecule has 1 spiro atoms. The van der Waals surface area contributed by atoms with Crippen molar-refractivity contribution in [3.63, 3.8) is 0 Å². The summed E-state index contributed by atoms with van der Waals surface area (Å²) in [5, 5.41) is 7.02. The molecule has 6 nitrogen and oxygen atoms in total. The van der Waals surface area contributed by atoms with Gasteiger partial charge in [0.15, 0.2) is 15.8 Å². The molecule has 3 fully saturated rings. The van der Waals surface area contributed by atoms with Gasteiger partial charge < -0.3 is 15.4 Å². The maximum absolute atomic E-state index is 11.7. The van der Waals surface area contributed by atoms with Crippen molar-refractivity contribution < 1.29 is 13.2 Å². The normalized spacial score (nSPS) is 31.0. The number of guanidine groups is 1. The Kier molecular flexibility index (Phi) is 6.83. The van der Waals surface area contributed by atoms with Crippen molar-refractivity contribution in [2.24, 2.45) is 10.9 Å². The zero-order valence-electron chi connectivity index (χ0n) is 16.1. The van der Waals surface area contributed by atoms with E-state index in [1.54, 1.807) is 0 Å². The Hall–Kier alpha value is -0.820. The summed E-state index contributed by atoms with van der Waals surface area (Å²) in [7, 11) is -2.83. The van der Waals surface area contributed by atoms with E-state index in [-0.39, 0.29) is 17.3 Å². The van der Waals surface area contributed by atoms with Crippen molar-refractivity contribution in [2.75, 3.05) is 31.2 Å². The van der Waals surface area contributed by atoms with E-state index in [0.717, 1.165) is 44.8 Å². The first-order valence-electron chi connectivity index (χ1n) is 10.4. The highest BCUT2D eigenvalue weighted by Gasteiger charge is 2.38. The molecule has 0 aromatic heterocycles. The van der Waals surface area contributed by atoms with Gasteiger partial charge in [-0.25, -0.2) is 8.42 Å². The maximum atomic E-state index is 11.7. The number of hydrogen-bond donors (Lipinski definition) is 2. The van der Waals surface area contributed by atoms with Gasteiger partial charge in [0.1, 0.15) is 0 Å². The lowest BCUT2D eigenvalue weighted by atomic mass is 9.78. The number of rotatable bonds is 5. The Morgan fingerprint density at radius 3 is 2.73 bits per heavy atom. The van der Waals surface area contributed by atoms with Gasteiger partial charge >= 0.3 is 0 Å². The summed E-state index contributed by atoms with van der Waals surface area (Å²) in [5.41, 5.74) is 0.0730. The molecular formula is C19H35N3O3S. The monoisotopic (exact) mass is 385 g/mol. The predicted molar refractivity (Wildman–Crippen MR) is 105 cm³/mol. The fourth-order valence-corrected chi connectivity index (χ4v) is 6.37. The summed E-state index contributed by atoms with van der Waals surface area (Å²) in [6.45, 7) is 4.43. The third-order valence-corrected chi connectivity index (χ3v) is 7.81. The Bertz CT molecular complexity index is 579. The minimum Gasteiger partial charge on any atom is -0.375 e. The van der Waals surface area contributed by atoms with Crippen LogP contribution in [0.4, 0.5) is 0 Å². The second kappa shape index (κ2) is 8.91. The third kappa shape index (κ3) is 5.59. The minimum atomic E-state index is -2.83. The Morgan fingerprint density at radius 1 is 1.23 bits per heavy atom. The fraction of sp³-hybridized carbons (Fsp3) is 0.947. The van der Waals surface area contributed by atoms with E-state index in [1.165, 1.54) is 32.1 Å². The van der Waals surface area contributed by atoms with Gasteiger partial charge in [-0.2, -0.15) is 0 Å². The van der Waals surface area contributed by atoms with Gasteiger partial charge in [0, 0.05) is 25.7 Å². The third-order valence-electron chi connectivity index (χ3n) is 5.98. The van der Waals surface area contributed by atoms with E-state index in [4.69, 9.17) is 9.73 Å². The molecule has 0 aromatic rings. The molecule has 2 N–H and O–H groups in total. The smallest absolute Gasteiger partial charge is 0.191 e. The average Bonchev–Trinajstić information content (AvgIpc) is 2.97. The zero-order valence-corrected chi connectivity index (χ0v) is 17.0. The van der Waals surface area contributed by atoms with Crippen molar-refractivity contribution in [1.82, 2.24) is 10.6 Å². The topological polar surface area (TPSA) is 79.8 Å². The van der Waals surface area contributed by atoms with Gasteiger partial charge in [-0.05, 0) is 44.4 Å². The highest BCUT2D eigenvalue weighted by atomic mass is 32.2. The Labute approximate surface area is 158 Å². The summed E-state index contributed by atoms with van der Waals surface area (Å²) in [6.07, 6.45) is 10.1. The van der Waals surface area contributed by atoms with E-state index in [0.29, 0.717) is 18.3 Å². The summed E-state index contributed by atoms with van der Waals surface area (Å²) in [4.78, 5) is 4.73. The van der Waals surface area contributed by atoms with Crippen LogP contribution in [-0.4, -0.2) is 57.2 Å². The lowest BCUT2D eigenvalue weighted by molar-refractivity contribution is -0.107. The second-order valence-corrected chi connectivity index (χ2v) is 10.5. The molecule has 0 amide bonds. The number of aliphatic imine (C=N–C) groups is 1. The molecule has 0 radical (unpaired) electrons. The predicted octanol–water partition coefficient (Wildman–Crippen LogP) is 2.25. The van der Waals surface area contributed by atoms with Crippen LogP contribution in [0.2, 0.25) is 0 Å². The van der Waals surface area contributed by atoms with Gasteiger partial charge in [-0.3, -0.25) is 4.99 Å². The highest BCUT2D eigenvalue weighted by Crippen LogP contribution is 2.38. The molecule has 3 rings (SSSR count). The first kappa shape index (κ1) is 19.9. The zero-order chi connectivity index (χ0) is 18.5. The van der Waals surface area contributed by atoms with Gasteiger partial charge in [-0.15, -0.1) is 0 Å². The summed E-state index contributed by atoms with van der Waals surface area (Å²) in [6, 6.07) is 0.386. The molecule has 2 heterocycles. The van der Waals surface area contributed by atoms with Crippen LogP contribution < -0.4 is 10.6 Å². The average molecular weight is 386 g/mol. The maximum Gasteiger partial charge on any atom is 0.191 e. The van der Waals surface area contributed by atoms with Crippen molar-refractivity contribution in [2.45, 2.75) is 76.4 Å². The SMILES string of the molecule is CCCNC(=NCC1CCS(=O)(=O)C1)NC1CCOC2(CCCCC2)C1. The van der Waals surface area contributed by atoms with E-state index < -0.39 is 9.84 Å². The molecule has 2 aliphatic heterocycles. The number of hydrogen-bond acceptors (Lipinski definition) is 4. The van der Waals surface area contributed by atoms with Gasteiger partial charge in [0.2, 0.25) is 0 Å². The standard InChI is InChI=1S/C19H35N3O3S/c1-2-10-20-18(21-14-16-7-12-26(23,24)15-16)22-17-6-11-25-19(13-17)8-4-3-5-9-19/h16-17H,2-15H2,1H3,(H2,20,21,22). The fourth-order valence-electron chi connectivity index (χ4n) is 4.52. The van der Waals surface area contributed by atoms with Crippen LogP contribution in [-0.2, 0) is 14.6 Å². The van der Waals surface area contributed by atoms with Crippen molar-refractivity contribution in [1.29, 1.82) is 0 Å². The molecule has 2 unspecified atom stereocenters. The van der Waals surface area contributed by atoms with Crippen molar-refractivity contribution >= 4 is 15.8 Å². The first-order chi connectivity index (χ1) is 12.5. The van der Waals surface area contributed by atoms with Gasteiger partial charge in [-0.1, -0.05) is 26.2 Å². The number of nitrogens with zero attached hydrogens (tertiary/aromatic N) is 1. The van der Waals surface area contributed by atoms with E-state index in [2.05, 4.69) is 17.6 Å². The van der Waals surface area contributed by atoms with E-state index in [1.807, 2.05) is 0 Å². The quantitative estimate of drug-likeness (QED) is 0.560. The van der Waals surface area contributed by atoms with Crippen LogP contribution in [0.15, 0.2) is 4.99 Å². The molecule has 0 aromatic carbocycles. The molecule has 26 heavy (non-hydrogen) atoms. The number of nitrogens with one attached hydrogen (secondary N) is 2.